The zero-order chi connectivity index (χ0) is 19.5. The van der Waals surface area contributed by atoms with Crippen LogP contribution in [-0.4, -0.2) is 52.7 Å². The Labute approximate surface area is 159 Å². The second-order valence-corrected chi connectivity index (χ2v) is 8.99. The number of alkyl carbamates (subject to hydrolysis) is 1. The van der Waals surface area contributed by atoms with Gasteiger partial charge in [-0.25, -0.2) is 9.78 Å². The van der Waals surface area contributed by atoms with Crippen LogP contribution in [0.2, 0.25) is 0 Å². The van der Waals surface area contributed by atoms with E-state index in [2.05, 4.69) is 20.5 Å². The fraction of sp³-hybridized carbons (Fsp3) is 0.722. The van der Waals surface area contributed by atoms with E-state index in [1.165, 1.54) is 11.3 Å². The number of rotatable bonds is 4. The number of carbonyl (C=O) groups excluding carboxylic acids is 2. The third kappa shape index (κ3) is 5.95. The van der Waals surface area contributed by atoms with E-state index in [4.69, 9.17) is 4.74 Å². The van der Waals surface area contributed by atoms with E-state index in [0.29, 0.717) is 5.13 Å². The minimum atomic E-state index is -0.496. The Kier molecular flexibility index (Phi) is 6.63. The molecule has 1 aliphatic heterocycles. The highest BCUT2D eigenvalue weighted by molar-refractivity contribution is 7.15. The van der Waals surface area contributed by atoms with Crippen LogP contribution in [0, 0.1) is 13.8 Å². The maximum Gasteiger partial charge on any atom is 0.407 e. The summed E-state index contributed by atoms with van der Waals surface area (Å²) in [6, 6.07) is -0.150. The van der Waals surface area contributed by atoms with Gasteiger partial charge in [0.15, 0.2) is 5.13 Å². The molecule has 0 aliphatic carbocycles. The summed E-state index contributed by atoms with van der Waals surface area (Å²) in [7, 11) is 0. The average Bonchev–Trinajstić information content (AvgIpc) is 2.83. The number of nitrogens with zero attached hydrogens (tertiary/aromatic N) is 2. The summed E-state index contributed by atoms with van der Waals surface area (Å²) in [4.78, 5) is 31.9. The van der Waals surface area contributed by atoms with Gasteiger partial charge in [0.2, 0.25) is 5.91 Å². The van der Waals surface area contributed by atoms with Crippen LogP contribution >= 0.6 is 11.3 Å². The van der Waals surface area contributed by atoms with Gasteiger partial charge in [0.25, 0.3) is 0 Å². The van der Waals surface area contributed by atoms with E-state index < -0.39 is 5.60 Å². The summed E-state index contributed by atoms with van der Waals surface area (Å²) in [5.41, 5.74) is 0.455. The van der Waals surface area contributed by atoms with Gasteiger partial charge >= 0.3 is 6.09 Å². The van der Waals surface area contributed by atoms with E-state index >= 15 is 0 Å². The number of thiazole rings is 1. The molecule has 146 valence electrons. The summed E-state index contributed by atoms with van der Waals surface area (Å²) >= 11 is 1.50. The Morgan fingerprint density at radius 1 is 1.27 bits per heavy atom. The fourth-order valence-electron chi connectivity index (χ4n) is 2.81. The quantitative estimate of drug-likeness (QED) is 0.836. The maximum atomic E-state index is 12.5. The van der Waals surface area contributed by atoms with Gasteiger partial charge in [0.1, 0.15) is 5.60 Å². The number of hydrogen-bond donors (Lipinski definition) is 2. The second-order valence-electron chi connectivity index (χ2n) is 7.78. The molecular weight excluding hydrogens is 352 g/mol. The molecular formula is C18H30N4O3S. The summed E-state index contributed by atoms with van der Waals surface area (Å²) in [6.07, 6.45) is 1.22. The number of hydrogen-bond acceptors (Lipinski definition) is 6. The SMILES string of the molecule is Cc1nc(NC(=O)C(C)N2CCC(NC(=O)OC(C)(C)C)CC2)sc1C. The first-order chi connectivity index (χ1) is 12.0. The molecule has 7 nitrogen and oxygen atoms in total. The molecule has 1 saturated heterocycles. The Morgan fingerprint density at radius 2 is 1.88 bits per heavy atom. The van der Waals surface area contributed by atoms with Crippen LogP contribution in [-0.2, 0) is 9.53 Å². The molecule has 8 heteroatoms. The standard InChI is InChI=1S/C18H30N4O3S/c1-11-13(3)26-16(19-11)21-15(23)12(2)22-9-7-14(8-10-22)20-17(24)25-18(4,5)6/h12,14H,7-10H2,1-6H3,(H,20,24)(H,19,21,23). The van der Waals surface area contributed by atoms with Crippen LogP contribution in [0.25, 0.3) is 0 Å². The summed E-state index contributed by atoms with van der Waals surface area (Å²) < 4.78 is 5.30. The molecule has 2 heterocycles. The van der Waals surface area contributed by atoms with Gasteiger partial charge in [-0.3, -0.25) is 9.69 Å². The van der Waals surface area contributed by atoms with Crippen molar-refractivity contribution in [3.05, 3.63) is 10.6 Å². The van der Waals surface area contributed by atoms with Crippen LogP contribution in [0.3, 0.4) is 0 Å². The van der Waals surface area contributed by atoms with Crippen LogP contribution < -0.4 is 10.6 Å². The minimum absolute atomic E-state index is 0.0442. The van der Waals surface area contributed by atoms with Gasteiger partial charge in [-0.1, -0.05) is 0 Å². The fourth-order valence-corrected chi connectivity index (χ4v) is 3.62. The highest BCUT2D eigenvalue weighted by Crippen LogP contribution is 2.22. The van der Waals surface area contributed by atoms with Crippen LogP contribution in [0.1, 0.15) is 51.1 Å². The summed E-state index contributed by atoms with van der Waals surface area (Å²) in [6.45, 7) is 12.9. The highest BCUT2D eigenvalue weighted by Gasteiger charge is 2.28. The number of likely N-dealkylation sites (tertiary alicyclic amines) is 1. The summed E-state index contributed by atoms with van der Waals surface area (Å²) in [5.74, 6) is -0.0442. The molecule has 1 atom stereocenters. The first-order valence-electron chi connectivity index (χ1n) is 9.03. The van der Waals surface area contributed by atoms with E-state index in [1.54, 1.807) is 0 Å². The zero-order valence-corrected chi connectivity index (χ0v) is 17.3. The van der Waals surface area contributed by atoms with Crippen molar-refractivity contribution >= 4 is 28.5 Å². The molecule has 1 aromatic rings. The zero-order valence-electron chi connectivity index (χ0n) is 16.5. The molecule has 0 aromatic carbocycles. The molecule has 2 amide bonds. The number of aromatic nitrogens is 1. The van der Waals surface area contributed by atoms with Crippen LogP contribution in [0.15, 0.2) is 0 Å². The third-order valence-corrected chi connectivity index (χ3v) is 5.42. The molecule has 0 bridgehead atoms. The molecule has 2 rings (SSSR count). The van der Waals surface area contributed by atoms with E-state index in [0.717, 1.165) is 36.5 Å². The number of ether oxygens (including phenoxy) is 1. The van der Waals surface area contributed by atoms with Gasteiger partial charge in [-0.05, 0) is 54.4 Å². The molecule has 0 radical (unpaired) electrons. The predicted octanol–water partition coefficient (Wildman–Crippen LogP) is 3.08. The van der Waals surface area contributed by atoms with Crippen LogP contribution in [0.4, 0.5) is 9.93 Å². The third-order valence-electron chi connectivity index (χ3n) is 4.44. The number of anilines is 1. The monoisotopic (exact) mass is 382 g/mol. The number of carbonyl (C=O) groups is 2. The number of aryl methyl sites for hydroxylation is 2. The van der Waals surface area contributed by atoms with Gasteiger partial charge in [-0.2, -0.15) is 0 Å². The Hall–Kier alpha value is -1.67. The number of amides is 2. The van der Waals surface area contributed by atoms with Gasteiger partial charge in [0.05, 0.1) is 11.7 Å². The largest absolute Gasteiger partial charge is 0.444 e. The van der Waals surface area contributed by atoms with Crippen molar-refractivity contribution in [1.29, 1.82) is 0 Å². The van der Waals surface area contributed by atoms with Crippen molar-refractivity contribution in [3.8, 4) is 0 Å². The van der Waals surface area contributed by atoms with Gasteiger partial charge in [0, 0.05) is 24.0 Å². The van der Waals surface area contributed by atoms with Crippen molar-refractivity contribution in [2.75, 3.05) is 18.4 Å². The van der Waals surface area contributed by atoms with Crippen molar-refractivity contribution < 1.29 is 14.3 Å². The topological polar surface area (TPSA) is 83.6 Å². The van der Waals surface area contributed by atoms with Crippen LogP contribution in [0.5, 0.6) is 0 Å². The van der Waals surface area contributed by atoms with Crippen molar-refractivity contribution in [2.45, 2.75) is 72.1 Å². The first-order valence-corrected chi connectivity index (χ1v) is 9.85. The highest BCUT2D eigenvalue weighted by atomic mass is 32.1. The molecule has 1 fully saturated rings. The number of piperidine rings is 1. The van der Waals surface area contributed by atoms with Crippen molar-refractivity contribution in [2.24, 2.45) is 0 Å². The summed E-state index contributed by atoms with van der Waals surface area (Å²) in [5, 5.41) is 6.47. The second kappa shape index (κ2) is 8.35. The molecule has 0 spiro atoms. The van der Waals surface area contributed by atoms with Gasteiger partial charge < -0.3 is 15.4 Å². The molecule has 1 aromatic heterocycles. The molecule has 2 N–H and O–H groups in total. The lowest BCUT2D eigenvalue weighted by molar-refractivity contribution is -0.121. The average molecular weight is 383 g/mol. The van der Waals surface area contributed by atoms with E-state index in [1.807, 2.05) is 41.5 Å². The molecule has 26 heavy (non-hydrogen) atoms. The Morgan fingerprint density at radius 3 is 2.38 bits per heavy atom. The molecule has 0 saturated carbocycles. The lowest BCUT2D eigenvalue weighted by Gasteiger charge is -2.35. The molecule has 1 unspecified atom stereocenters. The normalized spacial score (nSPS) is 17.6. The first kappa shape index (κ1) is 20.6. The molecule has 1 aliphatic rings. The van der Waals surface area contributed by atoms with Gasteiger partial charge in [-0.15, -0.1) is 11.3 Å². The Bertz CT molecular complexity index is 626. The van der Waals surface area contributed by atoms with Crippen molar-refractivity contribution in [1.82, 2.24) is 15.2 Å². The van der Waals surface area contributed by atoms with E-state index in [-0.39, 0.29) is 24.1 Å². The maximum absolute atomic E-state index is 12.5. The lowest BCUT2D eigenvalue weighted by atomic mass is 10.0. The smallest absolute Gasteiger partial charge is 0.407 e. The van der Waals surface area contributed by atoms with E-state index in [9.17, 15) is 9.59 Å². The Balaban J connectivity index is 1.79. The lowest BCUT2D eigenvalue weighted by Crippen LogP contribution is -2.51. The number of nitrogens with one attached hydrogen (secondary N) is 2. The minimum Gasteiger partial charge on any atom is -0.444 e. The van der Waals surface area contributed by atoms with Crippen molar-refractivity contribution in [3.63, 3.8) is 0 Å². The predicted molar refractivity (Wildman–Crippen MR) is 104 cm³/mol.